The molecule has 0 saturated heterocycles. The first-order valence-electron chi connectivity index (χ1n) is 18.7. The van der Waals surface area contributed by atoms with Gasteiger partial charge in [-0.2, -0.15) is 0 Å². The zero-order valence-corrected chi connectivity index (χ0v) is 29.6. The number of benzene rings is 9. The van der Waals surface area contributed by atoms with Crippen molar-refractivity contribution in [2.24, 2.45) is 0 Å². The fraction of sp³-hybridized carbons (Fsp3) is 0. The Balaban J connectivity index is 1.33. The summed E-state index contributed by atoms with van der Waals surface area (Å²) in [4.78, 5) is 15.2. The van der Waals surface area contributed by atoms with Gasteiger partial charge in [-0.05, 0) is 99.7 Å². The van der Waals surface area contributed by atoms with Crippen molar-refractivity contribution < 1.29 is 0 Å². The Labute approximate surface area is 314 Å². The summed E-state index contributed by atoms with van der Waals surface area (Å²) in [6.45, 7) is 0. The number of para-hydroxylation sites is 3. The maximum atomic E-state index is 15.2. The molecule has 4 heteroatoms. The lowest BCUT2D eigenvalue weighted by molar-refractivity contribution is 1.06. The SMILES string of the molecule is O=c1c2cc3c(cc2c2cc4c5c6ccccc6ccc5n(-c5ccccc5)c4cc2n1-c1ccccc1)c1c2ccccc2ccc1n3-c1ccccc1. The number of hydrogen-bond donors (Lipinski definition) is 0. The highest BCUT2D eigenvalue weighted by molar-refractivity contribution is 6.28. The van der Waals surface area contributed by atoms with Crippen LogP contribution >= 0.6 is 0 Å². The molecule has 0 saturated carbocycles. The predicted molar refractivity (Wildman–Crippen MR) is 231 cm³/mol. The highest BCUT2D eigenvalue weighted by Crippen LogP contribution is 2.43. The van der Waals surface area contributed by atoms with Gasteiger partial charge in [0.05, 0.1) is 33.0 Å². The third kappa shape index (κ3) is 4.19. The maximum absolute atomic E-state index is 15.2. The molecule has 0 aliphatic carbocycles. The van der Waals surface area contributed by atoms with E-state index in [0.29, 0.717) is 5.39 Å². The molecule has 9 aromatic carbocycles. The van der Waals surface area contributed by atoms with Crippen LogP contribution in [0.2, 0.25) is 0 Å². The zero-order valence-electron chi connectivity index (χ0n) is 29.6. The summed E-state index contributed by atoms with van der Waals surface area (Å²) >= 11 is 0. The molecule has 0 spiro atoms. The minimum Gasteiger partial charge on any atom is -0.309 e. The zero-order chi connectivity index (χ0) is 36.2. The van der Waals surface area contributed by atoms with E-state index >= 15 is 4.79 Å². The van der Waals surface area contributed by atoms with Gasteiger partial charge in [-0.3, -0.25) is 9.36 Å². The normalized spacial score (nSPS) is 12.1. The molecule has 0 radical (unpaired) electrons. The fourth-order valence-electron chi connectivity index (χ4n) is 9.23. The van der Waals surface area contributed by atoms with Crippen molar-refractivity contribution in [2.75, 3.05) is 0 Å². The van der Waals surface area contributed by atoms with Gasteiger partial charge in [0.15, 0.2) is 0 Å². The molecule has 0 N–H and O–H groups in total. The van der Waals surface area contributed by atoms with Gasteiger partial charge >= 0.3 is 0 Å². The van der Waals surface area contributed by atoms with Crippen molar-refractivity contribution in [1.82, 2.24) is 13.7 Å². The van der Waals surface area contributed by atoms with Gasteiger partial charge in [0.25, 0.3) is 5.56 Å². The van der Waals surface area contributed by atoms with Gasteiger partial charge in [-0.15, -0.1) is 0 Å². The lowest BCUT2D eigenvalue weighted by Crippen LogP contribution is -2.19. The van der Waals surface area contributed by atoms with Crippen LogP contribution in [-0.4, -0.2) is 13.7 Å². The highest BCUT2D eigenvalue weighted by Gasteiger charge is 2.22. The van der Waals surface area contributed by atoms with E-state index in [9.17, 15) is 0 Å². The van der Waals surface area contributed by atoms with Gasteiger partial charge in [0, 0.05) is 44.0 Å². The van der Waals surface area contributed by atoms with Crippen LogP contribution in [0.5, 0.6) is 0 Å². The van der Waals surface area contributed by atoms with E-state index in [1.807, 2.05) is 41.0 Å². The van der Waals surface area contributed by atoms with Gasteiger partial charge in [0.1, 0.15) is 0 Å². The van der Waals surface area contributed by atoms with Crippen molar-refractivity contribution in [3.05, 3.63) is 198 Å². The third-order valence-electron chi connectivity index (χ3n) is 11.6. The predicted octanol–water partition coefficient (Wildman–Crippen LogP) is 12.6. The monoisotopic (exact) mass is 701 g/mol. The van der Waals surface area contributed by atoms with Gasteiger partial charge < -0.3 is 9.13 Å². The molecule has 3 aromatic heterocycles. The molecule has 12 aromatic rings. The first-order valence-corrected chi connectivity index (χ1v) is 18.7. The number of fused-ring (bicyclic) bond motifs is 13. The Morgan fingerprint density at radius 3 is 1.22 bits per heavy atom. The van der Waals surface area contributed by atoms with E-state index in [1.165, 1.54) is 32.3 Å². The van der Waals surface area contributed by atoms with Crippen molar-refractivity contribution >= 4 is 86.8 Å². The quantitative estimate of drug-likeness (QED) is 0.169. The number of pyridine rings is 1. The summed E-state index contributed by atoms with van der Waals surface area (Å²) in [5, 5.41) is 12.1. The van der Waals surface area contributed by atoms with Crippen LogP contribution < -0.4 is 5.56 Å². The molecule has 256 valence electrons. The topological polar surface area (TPSA) is 31.9 Å². The molecule has 0 atom stereocenters. The first-order chi connectivity index (χ1) is 27.2. The van der Waals surface area contributed by atoms with E-state index in [4.69, 9.17) is 0 Å². The first kappa shape index (κ1) is 30.1. The maximum Gasteiger partial charge on any atom is 0.263 e. The largest absolute Gasteiger partial charge is 0.309 e. The van der Waals surface area contributed by atoms with E-state index in [0.717, 1.165) is 66.2 Å². The molecule has 0 aliphatic rings. The Morgan fingerprint density at radius 2 is 0.691 bits per heavy atom. The molecular formula is C51H31N3O. The number of hydrogen-bond acceptors (Lipinski definition) is 1. The molecule has 0 amide bonds. The summed E-state index contributed by atoms with van der Waals surface area (Å²) < 4.78 is 6.58. The fourth-order valence-corrected chi connectivity index (χ4v) is 9.23. The van der Waals surface area contributed by atoms with E-state index in [-0.39, 0.29) is 5.56 Å². The van der Waals surface area contributed by atoms with Crippen molar-refractivity contribution in [3.8, 4) is 17.1 Å². The van der Waals surface area contributed by atoms with Crippen LogP contribution in [0, 0.1) is 0 Å². The van der Waals surface area contributed by atoms with Gasteiger partial charge in [0.2, 0.25) is 0 Å². The smallest absolute Gasteiger partial charge is 0.263 e. The minimum absolute atomic E-state index is 0.0440. The summed E-state index contributed by atoms with van der Waals surface area (Å²) in [5.41, 5.74) is 8.11. The average molecular weight is 702 g/mol. The second kappa shape index (κ2) is 11.3. The molecule has 4 nitrogen and oxygen atoms in total. The second-order valence-corrected chi connectivity index (χ2v) is 14.5. The van der Waals surface area contributed by atoms with Crippen LogP contribution in [0.25, 0.3) is 104 Å². The van der Waals surface area contributed by atoms with Crippen LogP contribution in [0.1, 0.15) is 0 Å². The lowest BCUT2D eigenvalue weighted by atomic mass is 9.98. The van der Waals surface area contributed by atoms with Crippen molar-refractivity contribution in [1.29, 1.82) is 0 Å². The van der Waals surface area contributed by atoms with Gasteiger partial charge in [-0.25, -0.2) is 0 Å². The molecule has 3 heterocycles. The molecule has 0 aliphatic heterocycles. The summed E-state index contributed by atoms with van der Waals surface area (Å²) in [5.74, 6) is 0. The number of nitrogens with zero attached hydrogens (tertiary/aromatic N) is 3. The average Bonchev–Trinajstić information content (AvgIpc) is 3.76. The van der Waals surface area contributed by atoms with E-state index < -0.39 is 0 Å². The Morgan fingerprint density at radius 1 is 0.273 bits per heavy atom. The summed E-state index contributed by atoms with van der Waals surface area (Å²) in [6.07, 6.45) is 0. The highest BCUT2D eigenvalue weighted by atomic mass is 16.1. The van der Waals surface area contributed by atoms with Crippen LogP contribution in [-0.2, 0) is 0 Å². The van der Waals surface area contributed by atoms with Crippen molar-refractivity contribution in [3.63, 3.8) is 0 Å². The second-order valence-electron chi connectivity index (χ2n) is 14.5. The Hall–Kier alpha value is -7.43. The van der Waals surface area contributed by atoms with Crippen molar-refractivity contribution in [2.45, 2.75) is 0 Å². The van der Waals surface area contributed by atoms with Gasteiger partial charge in [-0.1, -0.05) is 115 Å². The molecular weight excluding hydrogens is 671 g/mol. The number of rotatable bonds is 3. The molecule has 0 fully saturated rings. The van der Waals surface area contributed by atoms with E-state index in [1.54, 1.807) is 0 Å². The standard InChI is InChI=1S/C51H31N3O/c55-51-41-30-46-42(49-37-22-12-10-14-32(37)24-26-44(49)52(46)34-16-4-1-5-17-34)28-39(41)40-29-43-48(31-47(40)54(51)36-20-8-3-9-21-36)53(35-18-6-2-7-19-35)45-27-25-33-15-11-13-23-38(33)50(43)45/h1-31H. The molecule has 12 rings (SSSR count). The third-order valence-corrected chi connectivity index (χ3v) is 11.6. The molecule has 0 bridgehead atoms. The Bertz CT molecular complexity index is 3600. The van der Waals surface area contributed by atoms with Crippen LogP contribution in [0.15, 0.2) is 193 Å². The van der Waals surface area contributed by atoms with Crippen LogP contribution in [0.4, 0.5) is 0 Å². The molecule has 55 heavy (non-hydrogen) atoms. The molecule has 0 unspecified atom stereocenters. The van der Waals surface area contributed by atoms with E-state index in [2.05, 4.69) is 161 Å². The number of aromatic nitrogens is 3. The lowest BCUT2D eigenvalue weighted by Gasteiger charge is -2.15. The minimum atomic E-state index is -0.0440. The summed E-state index contributed by atoms with van der Waals surface area (Å²) in [7, 11) is 0. The van der Waals surface area contributed by atoms with Crippen LogP contribution in [0.3, 0.4) is 0 Å². The summed E-state index contributed by atoms with van der Waals surface area (Å²) in [6, 6.07) is 66.3. The Kier molecular flexibility index (Phi) is 6.17.